The Hall–Kier alpha value is -3.02. The van der Waals surface area contributed by atoms with Gasteiger partial charge < -0.3 is 20.7 Å². The third-order valence-corrected chi connectivity index (χ3v) is 4.03. The van der Waals surface area contributed by atoms with Crippen LogP contribution in [0.15, 0.2) is 48.5 Å². The number of methoxy groups -OCH3 is 1. The summed E-state index contributed by atoms with van der Waals surface area (Å²) in [6.07, 6.45) is 0.873. The molecular formula is C20H25N3O3. The number of benzene rings is 2. The summed E-state index contributed by atoms with van der Waals surface area (Å²) in [5, 5.41) is 8.43. The van der Waals surface area contributed by atoms with Crippen LogP contribution in [0.25, 0.3) is 0 Å². The van der Waals surface area contributed by atoms with E-state index in [1.807, 2.05) is 38.1 Å². The molecule has 0 heterocycles. The number of hydrogen-bond acceptors (Lipinski definition) is 3. The van der Waals surface area contributed by atoms with Gasteiger partial charge in [-0.15, -0.1) is 0 Å². The van der Waals surface area contributed by atoms with Crippen LogP contribution in [-0.4, -0.2) is 25.1 Å². The first kappa shape index (κ1) is 19.3. The molecular weight excluding hydrogens is 330 g/mol. The molecule has 6 nitrogen and oxygen atoms in total. The normalized spacial score (nSPS) is 11.3. The molecule has 2 rings (SSSR count). The summed E-state index contributed by atoms with van der Waals surface area (Å²) >= 11 is 0. The van der Waals surface area contributed by atoms with Crippen LogP contribution < -0.4 is 20.7 Å². The summed E-state index contributed by atoms with van der Waals surface area (Å²) in [5.74, 6) is 0.607. The van der Waals surface area contributed by atoms with E-state index in [9.17, 15) is 9.59 Å². The number of para-hydroxylation sites is 1. The SMILES string of the molecule is CCC(C)NC(=O)c1ccc(NC(=O)NCc2ccccc2OC)cc1. The first-order chi connectivity index (χ1) is 12.5. The molecule has 0 aliphatic rings. The minimum atomic E-state index is -0.326. The number of urea groups is 1. The minimum Gasteiger partial charge on any atom is -0.496 e. The second-order valence-electron chi connectivity index (χ2n) is 5.98. The van der Waals surface area contributed by atoms with Crippen molar-refractivity contribution in [2.24, 2.45) is 0 Å². The lowest BCUT2D eigenvalue weighted by molar-refractivity contribution is 0.0939. The number of carbonyl (C=O) groups is 2. The molecule has 0 spiro atoms. The van der Waals surface area contributed by atoms with Crippen LogP contribution in [0, 0.1) is 0 Å². The van der Waals surface area contributed by atoms with E-state index in [1.54, 1.807) is 31.4 Å². The summed E-state index contributed by atoms with van der Waals surface area (Å²) in [6, 6.07) is 14.1. The van der Waals surface area contributed by atoms with E-state index in [0.717, 1.165) is 17.7 Å². The van der Waals surface area contributed by atoms with Gasteiger partial charge in [-0.1, -0.05) is 25.1 Å². The average Bonchev–Trinajstić information content (AvgIpc) is 2.66. The number of carbonyl (C=O) groups excluding carboxylic acids is 2. The molecule has 0 aliphatic carbocycles. The Kier molecular flexibility index (Phi) is 7.02. The lowest BCUT2D eigenvalue weighted by Crippen LogP contribution is -2.32. The quantitative estimate of drug-likeness (QED) is 0.711. The van der Waals surface area contributed by atoms with Crippen molar-refractivity contribution >= 4 is 17.6 Å². The molecule has 6 heteroatoms. The van der Waals surface area contributed by atoms with Crippen LogP contribution in [0.2, 0.25) is 0 Å². The lowest BCUT2D eigenvalue weighted by Gasteiger charge is -2.12. The Morgan fingerprint density at radius 2 is 1.77 bits per heavy atom. The van der Waals surface area contributed by atoms with E-state index in [0.29, 0.717) is 17.8 Å². The Morgan fingerprint density at radius 1 is 1.08 bits per heavy atom. The first-order valence-electron chi connectivity index (χ1n) is 8.61. The fourth-order valence-corrected chi connectivity index (χ4v) is 2.31. The Labute approximate surface area is 153 Å². The zero-order valence-electron chi connectivity index (χ0n) is 15.3. The smallest absolute Gasteiger partial charge is 0.319 e. The summed E-state index contributed by atoms with van der Waals surface area (Å²) < 4.78 is 5.26. The highest BCUT2D eigenvalue weighted by atomic mass is 16.5. The van der Waals surface area contributed by atoms with Gasteiger partial charge in [0, 0.05) is 29.4 Å². The number of rotatable bonds is 7. The average molecular weight is 355 g/mol. The van der Waals surface area contributed by atoms with E-state index in [1.165, 1.54) is 0 Å². The van der Waals surface area contributed by atoms with Crippen molar-refractivity contribution in [3.63, 3.8) is 0 Å². The van der Waals surface area contributed by atoms with Crippen molar-refractivity contribution < 1.29 is 14.3 Å². The maximum Gasteiger partial charge on any atom is 0.319 e. The van der Waals surface area contributed by atoms with Crippen molar-refractivity contribution in [2.75, 3.05) is 12.4 Å². The highest BCUT2D eigenvalue weighted by Crippen LogP contribution is 2.17. The molecule has 0 aromatic heterocycles. The predicted molar refractivity (Wildman–Crippen MR) is 103 cm³/mol. The fourth-order valence-electron chi connectivity index (χ4n) is 2.31. The summed E-state index contributed by atoms with van der Waals surface area (Å²) in [5.41, 5.74) is 2.06. The first-order valence-corrected chi connectivity index (χ1v) is 8.61. The van der Waals surface area contributed by atoms with Crippen molar-refractivity contribution in [1.29, 1.82) is 0 Å². The summed E-state index contributed by atoms with van der Waals surface area (Å²) in [7, 11) is 1.60. The maximum atomic E-state index is 12.0. The van der Waals surface area contributed by atoms with Gasteiger partial charge in [-0.3, -0.25) is 4.79 Å². The topological polar surface area (TPSA) is 79.5 Å². The van der Waals surface area contributed by atoms with Gasteiger partial charge in [0.05, 0.1) is 7.11 Å². The van der Waals surface area contributed by atoms with Crippen molar-refractivity contribution in [1.82, 2.24) is 10.6 Å². The molecule has 0 bridgehead atoms. The molecule has 0 fully saturated rings. The van der Waals surface area contributed by atoms with Crippen LogP contribution in [0.5, 0.6) is 5.75 Å². The molecule has 0 aliphatic heterocycles. The van der Waals surface area contributed by atoms with Crippen LogP contribution >= 0.6 is 0 Å². The van der Waals surface area contributed by atoms with Gasteiger partial charge in [-0.25, -0.2) is 4.79 Å². The van der Waals surface area contributed by atoms with Gasteiger partial charge in [-0.05, 0) is 43.7 Å². The lowest BCUT2D eigenvalue weighted by atomic mass is 10.1. The van der Waals surface area contributed by atoms with Gasteiger partial charge >= 0.3 is 6.03 Å². The molecule has 1 unspecified atom stereocenters. The fraction of sp³-hybridized carbons (Fsp3) is 0.300. The van der Waals surface area contributed by atoms with Crippen LogP contribution in [0.4, 0.5) is 10.5 Å². The predicted octanol–water partition coefficient (Wildman–Crippen LogP) is 3.55. The Morgan fingerprint density at radius 3 is 2.42 bits per heavy atom. The second kappa shape index (κ2) is 9.46. The number of ether oxygens (including phenoxy) is 1. The molecule has 2 aromatic rings. The molecule has 2 aromatic carbocycles. The Bertz CT molecular complexity index is 744. The maximum absolute atomic E-state index is 12.0. The summed E-state index contributed by atoms with van der Waals surface area (Å²) in [4.78, 5) is 24.1. The van der Waals surface area contributed by atoms with E-state index in [4.69, 9.17) is 4.74 Å². The van der Waals surface area contributed by atoms with Gasteiger partial charge in [0.25, 0.3) is 5.91 Å². The van der Waals surface area contributed by atoms with Crippen molar-refractivity contribution in [2.45, 2.75) is 32.9 Å². The third-order valence-electron chi connectivity index (χ3n) is 4.03. The molecule has 0 saturated carbocycles. The molecule has 138 valence electrons. The zero-order valence-corrected chi connectivity index (χ0v) is 15.3. The Balaban J connectivity index is 1.88. The van der Waals surface area contributed by atoms with E-state index in [-0.39, 0.29) is 18.0 Å². The molecule has 26 heavy (non-hydrogen) atoms. The minimum absolute atomic E-state index is 0.119. The van der Waals surface area contributed by atoms with Gasteiger partial charge in [0.1, 0.15) is 5.75 Å². The number of amides is 3. The van der Waals surface area contributed by atoms with Crippen LogP contribution in [0.1, 0.15) is 36.2 Å². The standard InChI is InChI=1S/C20H25N3O3/c1-4-14(2)22-19(24)15-9-11-17(12-10-15)23-20(25)21-13-16-7-5-6-8-18(16)26-3/h5-12,14H,4,13H2,1-3H3,(H,22,24)(H2,21,23,25). The van der Waals surface area contributed by atoms with Gasteiger partial charge in [-0.2, -0.15) is 0 Å². The third kappa shape index (κ3) is 5.51. The molecule has 0 saturated heterocycles. The zero-order chi connectivity index (χ0) is 18.9. The highest BCUT2D eigenvalue weighted by Gasteiger charge is 2.09. The van der Waals surface area contributed by atoms with Gasteiger partial charge in [0.15, 0.2) is 0 Å². The monoisotopic (exact) mass is 355 g/mol. The number of hydrogen-bond donors (Lipinski definition) is 3. The molecule has 0 radical (unpaired) electrons. The van der Waals surface area contributed by atoms with Crippen molar-refractivity contribution in [3.8, 4) is 5.75 Å². The molecule has 3 N–H and O–H groups in total. The van der Waals surface area contributed by atoms with E-state index in [2.05, 4.69) is 16.0 Å². The highest BCUT2D eigenvalue weighted by molar-refractivity contribution is 5.95. The molecule has 3 amide bonds. The molecule has 1 atom stereocenters. The number of anilines is 1. The van der Waals surface area contributed by atoms with Crippen molar-refractivity contribution in [3.05, 3.63) is 59.7 Å². The number of nitrogens with one attached hydrogen (secondary N) is 3. The second-order valence-corrected chi connectivity index (χ2v) is 5.98. The van der Waals surface area contributed by atoms with Gasteiger partial charge in [0.2, 0.25) is 0 Å². The van der Waals surface area contributed by atoms with E-state index < -0.39 is 0 Å². The van der Waals surface area contributed by atoms with Crippen LogP contribution in [0.3, 0.4) is 0 Å². The van der Waals surface area contributed by atoms with E-state index >= 15 is 0 Å². The van der Waals surface area contributed by atoms with Crippen LogP contribution in [-0.2, 0) is 6.54 Å². The largest absolute Gasteiger partial charge is 0.496 e. The summed E-state index contributed by atoms with van der Waals surface area (Å²) in [6.45, 7) is 4.33.